The molecule has 2 aromatic heterocycles. The van der Waals surface area contributed by atoms with Crippen LogP contribution in [0.2, 0.25) is 0 Å². The molecule has 0 saturated heterocycles. The minimum Gasteiger partial charge on any atom is -0.480 e. The van der Waals surface area contributed by atoms with E-state index in [9.17, 15) is 14.4 Å². The summed E-state index contributed by atoms with van der Waals surface area (Å²) < 4.78 is 10.6. The summed E-state index contributed by atoms with van der Waals surface area (Å²) in [5, 5.41) is 13.5. The van der Waals surface area contributed by atoms with Gasteiger partial charge in [-0.25, -0.2) is 0 Å². The second-order valence-corrected chi connectivity index (χ2v) is 5.45. The molecule has 1 atom stereocenters. The zero-order valence-electron chi connectivity index (χ0n) is 12.4. The summed E-state index contributed by atoms with van der Waals surface area (Å²) in [6, 6.07) is 4.99. The molecule has 1 unspecified atom stereocenters. The Bertz CT molecular complexity index is 778. The van der Waals surface area contributed by atoms with Crippen LogP contribution in [0.25, 0.3) is 6.08 Å². The Morgan fingerprint density at radius 3 is 2.58 bits per heavy atom. The van der Waals surface area contributed by atoms with Gasteiger partial charge in [-0.3, -0.25) is 14.4 Å². The summed E-state index contributed by atoms with van der Waals surface area (Å²) in [7, 11) is 0. The van der Waals surface area contributed by atoms with Gasteiger partial charge in [-0.1, -0.05) is 0 Å². The molecule has 126 valence electrons. The molecule has 0 aliphatic heterocycles. The molecule has 3 N–H and O–H groups in total. The van der Waals surface area contributed by atoms with Crippen molar-refractivity contribution in [1.82, 2.24) is 10.6 Å². The SMILES string of the molecule is CC(NC(=O)/C(=C/c1ccco1)NC(=O)c1ccc(Br)o1)C(=O)O. The van der Waals surface area contributed by atoms with E-state index in [2.05, 4.69) is 26.6 Å². The molecule has 0 fully saturated rings. The van der Waals surface area contributed by atoms with Crippen molar-refractivity contribution in [2.45, 2.75) is 13.0 Å². The lowest BCUT2D eigenvalue weighted by Gasteiger charge is -2.12. The molecule has 2 amide bonds. The minimum absolute atomic E-state index is 0.0219. The molecule has 0 radical (unpaired) electrons. The molecule has 9 heteroatoms. The fourth-order valence-electron chi connectivity index (χ4n) is 1.63. The highest BCUT2D eigenvalue weighted by atomic mass is 79.9. The third-order valence-electron chi connectivity index (χ3n) is 2.84. The molecule has 0 spiro atoms. The normalized spacial score (nSPS) is 12.5. The monoisotopic (exact) mass is 396 g/mol. The van der Waals surface area contributed by atoms with Crippen LogP contribution in [-0.2, 0) is 9.59 Å². The fourth-order valence-corrected chi connectivity index (χ4v) is 1.94. The van der Waals surface area contributed by atoms with E-state index in [0.29, 0.717) is 10.4 Å². The molecular formula is C15H13BrN2O6. The molecule has 2 heterocycles. The first-order valence-corrected chi connectivity index (χ1v) is 7.51. The van der Waals surface area contributed by atoms with Crippen molar-refractivity contribution in [3.05, 3.63) is 52.4 Å². The average molecular weight is 397 g/mol. The minimum atomic E-state index is -1.21. The first kappa shape index (κ1) is 17.5. The van der Waals surface area contributed by atoms with Crippen molar-refractivity contribution < 1.29 is 28.3 Å². The molecule has 0 aliphatic carbocycles. The van der Waals surface area contributed by atoms with Crippen LogP contribution in [0.3, 0.4) is 0 Å². The van der Waals surface area contributed by atoms with Crippen molar-refractivity contribution in [3.8, 4) is 0 Å². The number of nitrogens with one attached hydrogen (secondary N) is 2. The Morgan fingerprint density at radius 2 is 2.04 bits per heavy atom. The lowest BCUT2D eigenvalue weighted by molar-refractivity contribution is -0.140. The van der Waals surface area contributed by atoms with Crippen LogP contribution in [0.5, 0.6) is 0 Å². The summed E-state index contributed by atoms with van der Waals surface area (Å²) in [5.74, 6) is -2.37. The van der Waals surface area contributed by atoms with Gasteiger partial charge in [-0.15, -0.1) is 0 Å². The van der Waals surface area contributed by atoms with E-state index >= 15 is 0 Å². The number of carboxylic acids is 1. The fraction of sp³-hybridized carbons (Fsp3) is 0.133. The molecule has 0 aliphatic rings. The topological polar surface area (TPSA) is 122 Å². The van der Waals surface area contributed by atoms with Gasteiger partial charge in [0.15, 0.2) is 10.4 Å². The number of rotatable bonds is 6. The molecule has 24 heavy (non-hydrogen) atoms. The zero-order chi connectivity index (χ0) is 17.7. The van der Waals surface area contributed by atoms with Gasteiger partial charge in [0.1, 0.15) is 17.5 Å². The maximum atomic E-state index is 12.2. The van der Waals surface area contributed by atoms with Crippen LogP contribution in [0.1, 0.15) is 23.2 Å². The summed E-state index contributed by atoms with van der Waals surface area (Å²) in [6.07, 6.45) is 2.67. The van der Waals surface area contributed by atoms with Gasteiger partial charge in [0.2, 0.25) is 0 Å². The standard InChI is InChI=1S/C15H13BrN2O6/c1-8(15(21)22)17-13(19)10(7-9-3-2-6-23-9)18-14(20)11-4-5-12(16)24-11/h2-8H,1H3,(H,17,19)(H,18,20)(H,21,22)/b10-7-. The Kier molecular flexibility index (Phi) is 5.59. The molecule has 8 nitrogen and oxygen atoms in total. The lowest BCUT2D eigenvalue weighted by atomic mass is 10.2. The van der Waals surface area contributed by atoms with Crippen molar-refractivity contribution >= 4 is 39.8 Å². The molecule has 2 aromatic rings. The number of carboxylic acid groups (broad SMARTS) is 1. The van der Waals surface area contributed by atoms with E-state index in [4.69, 9.17) is 13.9 Å². The van der Waals surface area contributed by atoms with Gasteiger partial charge in [-0.05, 0) is 47.1 Å². The van der Waals surface area contributed by atoms with Crippen LogP contribution in [0, 0.1) is 0 Å². The van der Waals surface area contributed by atoms with Crippen molar-refractivity contribution in [2.75, 3.05) is 0 Å². The zero-order valence-corrected chi connectivity index (χ0v) is 14.0. The van der Waals surface area contributed by atoms with Crippen LogP contribution in [0.4, 0.5) is 0 Å². The van der Waals surface area contributed by atoms with Gasteiger partial charge in [0.05, 0.1) is 6.26 Å². The smallest absolute Gasteiger partial charge is 0.325 e. The third kappa shape index (κ3) is 4.59. The van der Waals surface area contributed by atoms with E-state index in [1.807, 2.05) is 0 Å². The average Bonchev–Trinajstić information content (AvgIpc) is 3.17. The van der Waals surface area contributed by atoms with Crippen molar-refractivity contribution in [1.29, 1.82) is 0 Å². The van der Waals surface area contributed by atoms with E-state index in [1.165, 1.54) is 31.4 Å². The number of aliphatic carboxylic acids is 1. The molecule has 0 saturated carbocycles. The van der Waals surface area contributed by atoms with Gasteiger partial charge in [-0.2, -0.15) is 0 Å². The number of amides is 2. The lowest BCUT2D eigenvalue weighted by Crippen LogP contribution is -2.42. The Balaban J connectivity index is 2.21. The Hall–Kier alpha value is -2.81. The third-order valence-corrected chi connectivity index (χ3v) is 3.26. The van der Waals surface area contributed by atoms with E-state index in [-0.39, 0.29) is 11.5 Å². The number of carbonyl (C=O) groups is 3. The Labute approximate surface area is 144 Å². The highest BCUT2D eigenvalue weighted by molar-refractivity contribution is 9.10. The maximum absolute atomic E-state index is 12.2. The van der Waals surface area contributed by atoms with Crippen molar-refractivity contribution in [3.63, 3.8) is 0 Å². The number of hydrogen-bond acceptors (Lipinski definition) is 5. The molecule has 2 rings (SSSR count). The number of carbonyl (C=O) groups excluding carboxylic acids is 2. The number of furan rings is 2. The molecule has 0 aromatic carbocycles. The van der Waals surface area contributed by atoms with E-state index in [1.54, 1.807) is 12.1 Å². The quantitative estimate of drug-likeness (QED) is 0.641. The maximum Gasteiger partial charge on any atom is 0.325 e. The summed E-state index contributed by atoms with van der Waals surface area (Å²) in [6.45, 7) is 1.30. The van der Waals surface area contributed by atoms with E-state index in [0.717, 1.165) is 0 Å². The van der Waals surface area contributed by atoms with Crippen LogP contribution in [0.15, 0.2) is 49.7 Å². The highest BCUT2D eigenvalue weighted by Crippen LogP contribution is 2.14. The first-order valence-electron chi connectivity index (χ1n) is 6.72. The predicted octanol–water partition coefficient (Wildman–Crippen LogP) is 2.00. The predicted molar refractivity (Wildman–Crippen MR) is 85.8 cm³/mol. The number of hydrogen-bond donors (Lipinski definition) is 3. The highest BCUT2D eigenvalue weighted by Gasteiger charge is 2.21. The van der Waals surface area contributed by atoms with E-state index < -0.39 is 23.8 Å². The number of halogens is 1. The van der Waals surface area contributed by atoms with Crippen LogP contribution < -0.4 is 10.6 Å². The van der Waals surface area contributed by atoms with Crippen LogP contribution >= 0.6 is 15.9 Å². The van der Waals surface area contributed by atoms with Crippen molar-refractivity contribution in [2.24, 2.45) is 0 Å². The van der Waals surface area contributed by atoms with Gasteiger partial charge < -0.3 is 24.6 Å². The molecular weight excluding hydrogens is 384 g/mol. The van der Waals surface area contributed by atoms with Crippen LogP contribution in [-0.4, -0.2) is 28.9 Å². The second kappa shape index (κ2) is 7.64. The largest absolute Gasteiger partial charge is 0.480 e. The summed E-state index contributed by atoms with van der Waals surface area (Å²) in [5.41, 5.74) is -0.185. The van der Waals surface area contributed by atoms with Gasteiger partial charge in [0, 0.05) is 6.08 Å². The second-order valence-electron chi connectivity index (χ2n) is 4.66. The Morgan fingerprint density at radius 1 is 1.29 bits per heavy atom. The first-order chi connectivity index (χ1) is 11.4. The van der Waals surface area contributed by atoms with Gasteiger partial charge in [0.25, 0.3) is 11.8 Å². The summed E-state index contributed by atoms with van der Waals surface area (Å²) in [4.78, 5) is 35.2. The van der Waals surface area contributed by atoms with Gasteiger partial charge >= 0.3 is 5.97 Å². The summed E-state index contributed by atoms with van der Waals surface area (Å²) >= 11 is 3.07. The molecule has 0 bridgehead atoms.